The molecule has 6 N–H and O–H groups in total. The van der Waals surface area contributed by atoms with E-state index >= 15 is 0 Å². The molecule has 12 heteroatoms. The fourth-order valence-corrected chi connectivity index (χ4v) is 3.26. The maximum atomic E-state index is 12.9. The number of aliphatic hydroxyl groups is 4. The first-order valence-electron chi connectivity index (χ1n) is 9.45. The van der Waals surface area contributed by atoms with Gasteiger partial charge in [-0.3, -0.25) is 4.79 Å². The quantitative estimate of drug-likeness (QED) is 0.152. The Morgan fingerprint density at radius 2 is 1.78 bits per heavy atom. The number of azide groups is 1. The van der Waals surface area contributed by atoms with Crippen molar-refractivity contribution in [2.45, 2.75) is 37.1 Å². The van der Waals surface area contributed by atoms with Crippen molar-refractivity contribution in [3.63, 3.8) is 0 Å². The number of phenolic OH excluding ortho intramolecular Hbond substituents is 2. The van der Waals surface area contributed by atoms with Gasteiger partial charge in [0.1, 0.15) is 47.2 Å². The van der Waals surface area contributed by atoms with Crippen LogP contribution in [0.3, 0.4) is 0 Å². The van der Waals surface area contributed by atoms with Crippen LogP contribution in [0.5, 0.6) is 17.2 Å². The van der Waals surface area contributed by atoms with Gasteiger partial charge in [0.05, 0.1) is 6.61 Å². The largest absolute Gasteiger partial charge is 0.508 e. The Morgan fingerprint density at radius 1 is 1.09 bits per heavy atom. The van der Waals surface area contributed by atoms with Crippen LogP contribution in [0.2, 0.25) is 0 Å². The zero-order chi connectivity index (χ0) is 23.4. The van der Waals surface area contributed by atoms with E-state index in [0.29, 0.717) is 11.3 Å². The number of phenols is 2. The Hall–Kier alpha value is -3.38. The number of aromatic hydroxyl groups is 2. The van der Waals surface area contributed by atoms with E-state index in [1.165, 1.54) is 12.1 Å². The van der Waals surface area contributed by atoms with Crippen LogP contribution in [0.4, 0.5) is 5.69 Å². The van der Waals surface area contributed by atoms with Gasteiger partial charge < -0.3 is 40.1 Å². The van der Waals surface area contributed by atoms with Gasteiger partial charge in [0, 0.05) is 29.2 Å². The van der Waals surface area contributed by atoms with Gasteiger partial charge in [0.2, 0.25) is 6.29 Å². The molecule has 32 heavy (non-hydrogen) atoms. The predicted octanol–water partition coefficient (Wildman–Crippen LogP) is 0.644. The minimum atomic E-state index is -1.76. The van der Waals surface area contributed by atoms with Gasteiger partial charge >= 0.3 is 0 Å². The first kappa shape index (κ1) is 23.3. The molecule has 0 aromatic heterocycles. The van der Waals surface area contributed by atoms with E-state index in [9.17, 15) is 35.4 Å². The number of ether oxygens (including phenoxy) is 2. The molecular weight excluding hydrogens is 426 g/mol. The SMILES string of the molecule is [N-]=[N+]=Nc1ccc(CC(=O)c2c(O)cc(O)cc2OC2OC(CO)C(O)C(O)C2O)cc1. The predicted molar refractivity (Wildman–Crippen MR) is 107 cm³/mol. The first-order chi connectivity index (χ1) is 15.2. The molecule has 0 amide bonds. The zero-order valence-electron chi connectivity index (χ0n) is 16.5. The average molecular weight is 447 g/mol. The van der Waals surface area contributed by atoms with Crippen molar-refractivity contribution in [2.75, 3.05) is 6.61 Å². The second-order valence-electron chi connectivity index (χ2n) is 7.11. The van der Waals surface area contributed by atoms with E-state index in [2.05, 4.69) is 10.0 Å². The molecule has 12 nitrogen and oxygen atoms in total. The second-order valence-corrected chi connectivity index (χ2v) is 7.11. The molecule has 3 rings (SSSR count). The topological polar surface area (TPSA) is 206 Å². The van der Waals surface area contributed by atoms with Crippen molar-refractivity contribution in [3.8, 4) is 17.2 Å². The van der Waals surface area contributed by atoms with Crippen LogP contribution in [-0.4, -0.2) is 73.7 Å². The number of benzene rings is 2. The van der Waals surface area contributed by atoms with E-state index in [1.54, 1.807) is 12.1 Å². The fraction of sp³-hybridized carbons (Fsp3) is 0.350. The van der Waals surface area contributed by atoms with Crippen molar-refractivity contribution in [2.24, 2.45) is 5.11 Å². The molecule has 0 aliphatic carbocycles. The number of Topliss-reactive ketones (excluding diaryl/α,β-unsaturated/α-hetero) is 1. The van der Waals surface area contributed by atoms with E-state index in [-0.39, 0.29) is 17.7 Å². The molecule has 0 spiro atoms. The molecule has 0 bridgehead atoms. The van der Waals surface area contributed by atoms with Crippen LogP contribution in [-0.2, 0) is 11.2 Å². The Labute approximate surface area is 181 Å². The summed E-state index contributed by atoms with van der Waals surface area (Å²) in [6.07, 6.45) is -8.15. The highest BCUT2D eigenvalue weighted by Crippen LogP contribution is 2.36. The van der Waals surface area contributed by atoms with Crippen LogP contribution in [0, 0.1) is 0 Å². The molecule has 5 atom stereocenters. The van der Waals surface area contributed by atoms with Crippen molar-refractivity contribution in [1.82, 2.24) is 0 Å². The lowest BCUT2D eigenvalue weighted by Crippen LogP contribution is -2.60. The number of aliphatic hydroxyl groups excluding tert-OH is 4. The average Bonchev–Trinajstić information content (AvgIpc) is 2.75. The maximum absolute atomic E-state index is 12.9. The Kier molecular flexibility index (Phi) is 7.15. The minimum Gasteiger partial charge on any atom is -0.508 e. The highest BCUT2D eigenvalue weighted by Gasteiger charge is 2.45. The molecule has 170 valence electrons. The van der Waals surface area contributed by atoms with Crippen molar-refractivity contribution < 1.29 is 44.9 Å². The van der Waals surface area contributed by atoms with E-state index in [1.807, 2.05) is 0 Å². The number of ketones is 1. The zero-order valence-corrected chi connectivity index (χ0v) is 16.5. The molecular formula is C20H21N3O9. The first-order valence-corrected chi connectivity index (χ1v) is 9.45. The lowest BCUT2D eigenvalue weighted by molar-refractivity contribution is -0.277. The third-order valence-electron chi connectivity index (χ3n) is 4.90. The molecule has 2 aromatic rings. The third kappa shape index (κ3) is 4.92. The van der Waals surface area contributed by atoms with Gasteiger partial charge in [0.25, 0.3) is 0 Å². The van der Waals surface area contributed by atoms with Crippen molar-refractivity contribution in [3.05, 3.63) is 58.0 Å². The normalized spacial score (nSPS) is 25.1. The number of carbonyl (C=O) groups excluding carboxylic acids is 1. The van der Waals surface area contributed by atoms with E-state index < -0.39 is 54.6 Å². The lowest BCUT2D eigenvalue weighted by atomic mass is 9.99. The summed E-state index contributed by atoms with van der Waals surface area (Å²) < 4.78 is 10.7. The lowest BCUT2D eigenvalue weighted by Gasteiger charge is -2.39. The number of rotatable bonds is 7. The van der Waals surface area contributed by atoms with Gasteiger partial charge in [-0.2, -0.15) is 0 Å². The molecule has 5 unspecified atom stereocenters. The summed E-state index contributed by atoms with van der Waals surface area (Å²) in [5, 5.41) is 62.8. The second kappa shape index (κ2) is 9.83. The van der Waals surface area contributed by atoms with E-state index in [0.717, 1.165) is 12.1 Å². The summed E-state index contributed by atoms with van der Waals surface area (Å²) in [6, 6.07) is 8.06. The molecule has 1 heterocycles. The van der Waals surface area contributed by atoms with Gasteiger partial charge in [-0.1, -0.05) is 29.4 Å². The van der Waals surface area contributed by atoms with Crippen LogP contribution in [0.15, 0.2) is 41.5 Å². The molecule has 0 saturated carbocycles. The number of carbonyl (C=O) groups is 1. The highest BCUT2D eigenvalue weighted by molar-refractivity contribution is 6.02. The third-order valence-corrected chi connectivity index (χ3v) is 4.90. The van der Waals surface area contributed by atoms with Gasteiger partial charge in [-0.05, 0) is 11.1 Å². The maximum Gasteiger partial charge on any atom is 0.229 e. The van der Waals surface area contributed by atoms with Crippen LogP contribution < -0.4 is 4.74 Å². The molecule has 1 fully saturated rings. The molecule has 2 aromatic carbocycles. The summed E-state index contributed by atoms with van der Waals surface area (Å²) >= 11 is 0. The highest BCUT2D eigenvalue weighted by atomic mass is 16.7. The summed E-state index contributed by atoms with van der Waals surface area (Å²) in [6.45, 7) is -0.687. The monoisotopic (exact) mass is 447 g/mol. The molecule has 1 saturated heterocycles. The standard InChI is InChI=1S/C20H21N3O9/c21-23-22-10-3-1-9(2-4-10)5-12(26)16-13(27)6-11(25)7-14(16)31-20-19(30)18(29)17(28)15(8-24)32-20/h1-4,6-7,15,17-20,24-25,27-30H,5,8H2. The summed E-state index contributed by atoms with van der Waals surface area (Å²) in [5.41, 5.74) is 9.01. The number of nitrogens with zero attached hydrogens (tertiary/aromatic N) is 3. The Balaban J connectivity index is 1.87. The van der Waals surface area contributed by atoms with E-state index in [4.69, 9.17) is 15.0 Å². The van der Waals surface area contributed by atoms with Crippen LogP contribution in [0.25, 0.3) is 10.4 Å². The van der Waals surface area contributed by atoms with Crippen molar-refractivity contribution in [1.29, 1.82) is 0 Å². The number of hydrogen-bond acceptors (Lipinski definition) is 10. The molecule has 0 radical (unpaired) electrons. The summed E-state index contributed by atoms with van der Waals surface area (Å²) in [7, 11) is 0. The van der Waals surface area contributed by atoms with Gasteiger partial charge in [-0.25, -0.2) is 0 Å². The van der Waals surface area contributed by atoms with Crippen molar-refractivity contribution >= 4 is 11.5 Å². The molecule has 1 aliphatic heterocycles. The van der Waals surface area contributed by atoms with Crippen LogP contribution >= 0.6 is 0 Å². The minimum absolute atomic E-state index is 0.195. The van der Waals surface area contributed by atoms with Gasteiger partial charge in [0.15, 0.2) is 5.78 Å². The Morgan fingerprint density at radius 3 is 2.41 bits per heavy atom. The van der Waals surface area contributed by atoms with Gasteiger partial charge in [-0.15, -0.1) is 0 Å². The Bertz CT molecular complexity index is 1020. The smallest absolute Gasteiger partial charge is 0.229 e. The molecule has 1 aliphatic rings. The number of hydrogen-bond donors (Lipinski definition) is 6. The summed E-state index contributed by atoms with van der Waals surface area (Å²) in [5.74, 6) is -2.00. The summed E-state index contributed by atoms with van der Waals surface area (Å²) in [4.78, 5) is 15.6. The fourth-order valence-electron chi connectivity index (χ4n) is 3.26. The van der Waals surface area contributed by atoms with Crippen LogP contribution in [0.1, 0.15) is 15.9 Å².